The van der Waals surface area contributed by atoms with Gasteiger partial charge in [0.25, 0.3) is 0 Å². The van der Waals surface area contributed by atoms with Gasteiger partial charge in [-0.2, -0.15) is 0 Å². The fourth-order valence-electron chi connectivity index (χ4n) is 3.41. The summed E-state index contributed by atoms with van der Waals surface area (Å²) in [4.78, 5) is 14.1. The van der Waals surface area contributed by atoms with Crippen molar-refractivity contribution in [3.05, 3.63) is 77.0 Å². The Kier molecular flexibility index (Phi) is 3.00. The zero-order chi connectivity index (χ0) is 15.1. The third-order valence-electron chi connectivity index (χ3n) is 4.56. The molecule has 110 valence electrons. The van der Waals surface area contributed by atoms with Crippen LogP contribution in [-0.2, 0) is 11.2 Å². The van der Waals surface area contributed by atoms with Crippen LogP contribution in [-0.4, -0.2) is 17.6 Å². The molecule has 0 bridgehead atoms. The van der Waals surface area contributed by atoms with Gasteiger partial charge in [-0.25, -0.2) is 4.79 Å². The van der Waals surface area contributed by atoms with Crippen molar-refractivity contribution in [1.29, 1.82) is 0 Å². The summed E-state index contributed by atoms with van der Waals surface area (Å²) in [6, 6.07) is 18.4. The van der Waals surface area contributed by atoms with Gasteiger partial charge in [0.05, 0.1) is 6.04 Å². The molecule has 4 rings (SSSR count). The van der Waals surface area contributed by atoms with Crippen LogP contribution in [0, 0.1) is 0 Å². The predicted octanol–water partition coefficient (Wildman–Crippen LogP) is 4.17. The van der Waals surface area contributed by atoms with Crippen LogP contribution >= 0.6 is 0 Å². The molecule has 3 heteroatoms. The van der Waals surface area contributed by atoms with Crippen LogP contribution in [0.25, 0.3) is 5.57 Å². The first-order valence-corrected chi connectivity index (χ1v) is 7.54. The summed E-state index contributed by atoms with van der Waals surface area (Å²) in [6.45, 7) is 2.50. The average molecular weight is 291 g/mol. The molecule has 1 amide bonds. The van der Waals surface area contributed by atoms with E-state index in [0.29, 0.717) is 6.61 Å². The van der Waals surface area contributed by atoms with Gasteiger partial charge in [-0.3, -0.25) is 4.90 Å². The van der Waals surface area contributed by atoms with Crippen LogP contribution in [0.15, 0.2) is 60.3 Å². The van der Waals surface area contributed by atoms with Gasteiger partial charge >= 0.3 is 6.09 Å². The fourth-order valence-corrected chi connectivity index (χ4v) is 3.41. The Morgan fingerprint density at radius 3 is 2.55 bits per heavy atom. The number of fused-ring (bicyclic) bond motifs is 1. The van der Waals surface area contributed by atoms with Crippen LogP contribution < -0.4 is 0 Å². The molecule has 22 heavy (non-hydrogen) atoms. The number of nitrogens with zero attached hydrogens (tertiary/aromatic N) is 1. The van der Waals surface area contributed by atoms with E-state index in [4.69, 9.17) is 4.74 Å². The van der Waals surface area contributed by atoms with Crippen LogP contribution in [0.1, 0.15) is 29.7 Å². The standard InChI is InChI=1S/C19H17NO2/c1-13-16-10-6-5-9-15(16)11-17(13)20-18(12-22-19(20)21)14-7-3-2-4-8-14/h2-10,18H,11-12H2,1H3/t18-/m0/s1. The number of carbonyl (C=O) groups is 1. The summed E-state index contributed by atoms with van der Waals surface area (Å²) in [5.41, 5.74) is 5.88. The van der Waals surface area contributed by atoms with Crippen molar-refractivity contribution in [3.63, 3.8) is 0 Å². The van der Waals surface area contributed by atoms with Gasteiger partial charge in [0, 0.05) is 12.1 Å². The highest BCUT2D eigenvalue weighted by atomic mass is 16.6. The first-order chi connectivity index (χ1) is 10.8. The summed E-state index contributed by atoms with van der Waals surface area (Å²) < 4.78 is 5.34. The number of hydrogen-bond donors (Lipinski definition) is 0. The normalized spacial score (nSPS) is 20.3. The third-order valence-corrected chi connectivity index (χ3v) is 4.56. The lowest BCUT2D eigenvalue weighted by Gasteiger charge is -2.24. The average Bonchev–Trinajstić information content (AvgIpc) is 3.09. The minimum absolute atomic E-state index is 0.0343. The lowest BCUT2D eigenvalue weighted by atomic mass is 10.1. The number of amides is 1. The van der Waals surface area contributed by atoms with E-state index < -0.39 is 0 Å². The predicted molar refractivity (Wildman–Crippen MR) is 85.1 cm³/mol. The lowest BCUT2D eigenvalue weighted by Crippen LogP contribution is -2.27. The molecule has 0 saturated carbocycles. The van der Waals surface area contributed by atoms with Crippen LogP contribution in [0.3, 0.4) is 0 Å². The number of carbonyl (C=O) groups excluding carboxylic acids is 1. The molecular formula is C19H17NO2. The maximum Gasteiger partial charge on any atom is 0.414 e. The first-order valence-electron chi connectivity index (χ1n) is 7.54. The monoisotopic (exact) mass is 291 g/mol. The minimum atomic E-state index is -0.240. The molecular weight excluding hydrogens is 274 g/mol. The van der Waals surface area contributed by atoms with Crippen molar-refractivity contribution in [2.45, 2.75) is 19.4 Å². The Morgan fingerprint density at radius 2 is 1.77 bits per heavy atom. The quantitative estimate of drug-likeness (QED) is 0.831. The van der Waals surface area contributed by atoms with E-state index in [1.165, 1.54) is 16.7 Å². The summed E-state index contributed by atoms with van der Waals surface area (Å²) in [6.07, 6.45) is 0.552. The van der Waals surface area contributed by atoms with Crippen LogP contribution in [0.5, 0.6) is 0 Å². The molecule has 1 heterocycles. The molecule has 0 unspecified atom stereocenters. The first kappa shape index (κ1) is 13.1. The molecule has 0 spiro atoms. The number of cyclic esters (lactones) is 1. The van der Waals surface area contributed by atoms with Crippen molar-refractivity contribution in [2.75, 3.05) is 6.61 Å². The summed E-state index contributed by atoms with van der Waals surface area (Å²) in [5, 5.41) is 0. The summed E-state index contributed by atoms with van der Waals surface area (Å²) in [7, 11) is 0. The van der Waals surface area contributed by atoms with Gasteiger partial charge in [0.1, 0.15) is 6.61 Å². The Morgan fingerprint density at radius 1 is 1.05 bits per heavy atom. The topological polar surface area (TPSA) is 29.5 Å². The molecule has 0 aromatic heterocycles. The highest BCUT2D eigenvalue weighted by Crippen LogP contribution is 2.40. The molecule has 2 aromatic rings. The molecule has 1 fully saturated rings. The highest BCUT2D eigenvalue weighted by molar-refractivity contribution is 5.81. The molecule has 3 nitrogen and oxygen atoms in total. The van der Waals surface area contributed by atoms with E-state index in [1.807, 2.05) is 35.2 Å². The number of ether oxygens (including phenoxy) is 1. The van der Waals surface area contributed by atoms with Crippen molar-refractivity contribution in [1.82, 2.24) is 4.90 Å². The fraction of sp³-hybridized carbons (Fsp3) is 0.211. The van der Waals surface area contributed by atoms with Gasteiger partial charge in [-0.1, -0.05) is 54.6 Å². The van der Waals surface area contributed by atoms with Crippen molar-refractivity contribution in [3.8, 4) is 0 Å². The molecule has 1 aliphatic carbocycles. The minimum Gasteiger partial charge on any atom is -0.447 e. The number of hydrogen-bond acceptors (Lipinski definition) is 2. The largest absolute Gasteiger partial charge is 0.447 e. The SMILES string of the molecule is CC1=C(N2C(=O)OC[C@H]2c2ccccc2)Cc2ccccc21. The van der Waals surface area contributed by atoms with E-state index >= 15 is 0 Å². The van der Waals surface area contributed by atoms with Gasteiger partial charge in [0.15, 0.2) is 0 Å². The molecule has 0 radical (unpaired) electrons. The molecule has 2 aromatic carbocycles. The number of allylic oxidation sites excluding steroid dienone is 2. The Bertz CT molecular complexity index is 764. The molecule has 1 saturated heterocycles. The second-order valence-corrected chi connectivity index (χ2v) is 5.78. The molecule has 0 N–H and O–H groups in total. The van der Waals surface area contributed by atoms with Gasteiger partial charge in [-0.05, 0) is 29.2 Å². The van der Waals surface area contributed by atoms with Crippen molar-refractivity contribution < 1.29 is 9.53 Å². The highest BCUT2D eigenvalue weighted by Gasteiger charge is 2.39. The van der Waals surface area contributed by atoms with Crippen LogP contribution in [0.2, 0.25) is 0 Å². The van der Waals surface area contributed by atoms with Crippen molar-refractivity contribution in [2.24, 2.45) is 0 Å². The van der Waals surface area contributed by atoms with Crippen molar-refractivity contribution >= 4 is 11.7 Å². The zero-order valence-electron chi connectivity index (χ0n) is 12.5. The number of rotatable bonds is 2. The van der Waals surface area contributed by atoms with E-state index in [9.17, 15) is 4.79 Å². The second kappa shape index (κ2) is 5.02. The van der Waals surface area contributed by atoms with Gasteiger partial charge in [-0.15, -0.1) is 0 Å². The van der Waals surface area contributed by atoms with E-state index in [0.717, 1.165) is 17.7 Å². The third kappa shape index (κ3) is 1.93. The maximum atomic E-state index is 12.3. The van der Waals surface area contributed by atoms with Gasteiger partial charge in [0.2, 0.25) is 0 Å². The van der Waals surface area contributed by atoms with E-state index in [1.54, 1.807) is 0 Å². The molecule has 2 aliphatic rings. The second-order valence-electron chi connectivity index (χ2n) is 5.78. The van der Waals surface area contributed by atoms with E-state index in [2.05, 4.69) is 31.2 Å². The zero-order valence-corrected chi connectivity index (χ0v) is 12.5. The summed E-state index contributed by atoms with van der Waals surface area (Å²) in [5.74, 6) is 0. The lowest BCUT2D eigenvalue weighted by molar-refractivity contribution is 0.164. The summed E-state index contributed by atoms with van der Waals surface area (Å²) >= 11 is 0. The molecule has 1 aliphatic heterocycles. The van der Waals surface area contributed by atoms with Crippen LogP contribution in [0.4, 0.5) is 4.79 Å². The smallest absolute Gasteiger partial charge is 0.414 e. The maximum absolute atomic E-state index is 12.3. The molecule has 1 atom stereocenters. The Balaban J connectivity index is 1.75. The number of benzene rings is 2. The Hall–Kier alpha value is -2.55. The Labute approximate surface area is 129 Å². The van der Waals surface area contributed by atoms with E-state index in [-0.39, 0.29) is 12.1 Å². The van der Waals surface area contributed by atoms with Gasteiger partial charge < -0.3 is 4.74 Å².